The number of hydrogen-bond donors (Lipinski definition) is 1. The fourth-order valence-corrected chi connectivity index (χ4v) is 2.44. The molecule has 1 fully saturated rings. The third kappa shape index (κ3) is 3.58. The zero-order valence-corrected chi connectivity index (χ0v) is 11.3. The molecule has 2 rings (SSSR count). The van der Waals surface area contributed by atoms with Gasteiger partial charge in [0.2, 0.25) is 0 Å². The highest BCUT2D eigenvalue weighted by atomic mass is 79.9. The van der Waals surface area contributed by atoms with Gasteiger partial charge in [0.1, 0.15) is 0 Å². The van der Waals surface area contributed by atoms with Gasteiger partial charge >= 0.3 is 0 Å². The van der Waals surface area contributed by atoms with Crippen LogP contribution >= 0.6 is 15.9 Å². The minimum absolute atomic E-state index is 0.748. The van der Waals surface area contributed by atoms with Crippen molar-refractivity contribution in [1.82, 2.24) is 10.2 Å². The van der Waals surface area contributed by atoms with Crippen LogP contribution in [-0.2, 0) is 6.54 Å². The average Bonchev–Trinajstić information content (AvgIpc) is 2.46. The Morgan fingerprint density at radius 3 is 2.88 bits per heavy atom. The molecule has 16 heavy (non-hydrogen) atoms. The number of benzene rings is 1. The van der Waals surface area contributed by atoms with Crippen LogP contribution in [0.5, 0.6) is 0 Å². The van der Waals surface area contributed by atoms with Gasteiger partial charge in [-0.2, -0.15) is 0 Å². The number of halogens is 1. The smallest absolute Gasteiger partial charge is 0.0234 e. The van der Waals surface area contributed by atoms with Crippen molar-refractivity contribution >= 4 is 15.9 Å². The fraction of sp³-hybridized carbons (Fsp3) is 0.538. The third-order valence-corrected chi connectivity index (χ3v) is 3.52. The summed E-state index contributed by atoms with van der Waals surface area (Å²) in [4.78, 5) is 2.54. The lowest BCUT2D eigenvalue weighted by Crippen LogP contribution is -2.28. The van der Waals surface area contributed by atoms with Crippen molar-refractivity contribution in [1.29, 1.82) is 0 Å². The monoisotopic (exact) mass is 282 g/mol. The van der Waals surface area contributed by atoms with E-state index < -0.39 is 0 Å². The summed E-state index contributed by atoms with van der Waals surface area (Å²) in [7, 11) is 0. The lowest BCUT2D eigenvalue weighted by Gasteiger charge is -2.21. The van der Waals surface area contributed by atoms with Gasteiger partial charge in [-0.25, -0.2) is 0 Å². The SMILES string of the molecule is CC1CNCCN(Cc2ccc(Br)cc2)C1. The average molecular weight is 283 g/mol. The van der Waals surface area contributed by atoms with Gasteiger partial charge < -0.3 is 5.32 Å². The molecule has 1 atom stereocenters. The van der Waals surface area contributed by atoms with E-state index in [1.807, 2.05) is 0 Å². The molecule has 0 saturated carbocycles. The molecule has 1 heterocycles. The van der Waals surface area contributed by atoms with Gasteiger partial charge in [0.15, 0.2) is 0 Å². The molecule has 1 aliphatic rings. The quantitative estimate of drug-likeness (QED) is 0.897. The van der Waals surface area contributed by atoms with Crippen LogP contribution in [0.4, 0.5) is 0 Å². The molecule has 3 heteroatoms. The molecule has 88 valence electrons. The Balaban J connectivity index is 1.95. The summed E-state index contributed by atoms with van der Waals surface area (Å²) in [5.41, 5.74) is 1.40. The van der Waals surface area contributed by atoms with E-state index in [9.17, 15) is 0 Å². The first-order chi connectivity index (χ1) is 7.74. The number of rotatable bonds is 2. The normalized spacial score (nSPS) is 23.0. The van der Waals surface area contributed by atoms with E-state index in [0.717, 1.165) is 36.6 Å². The molecule has 0 aliphatic carbocycles. The van der Waals surface area contributed by atoms with Crippen LogP contribution < -0.4 is 5.32 Å². The maximum atomic E-state index is 3.47. The lowest BCUT2D eigenvalue weighted by atomic mass is 10.1. The van der Waals surface area contributed by atoms with Crippen LogP contribution in [0.3, 0.4) is 0 Å². The predicted molar refractivity (Wildman–Crippen MR) is 71.5 cm³/mol. The molecule has 0 spiro atoms. The van der Waals surface area contributed by atoms with Gasteiger partial charge in [-0.15, -0.1) is 0 Å². The molecule has 1 aliphatic heterocycles. The van der Waals surface area contributed by atoms with Crippen molar-refractivity contribution in [2.75, 3.05) is 26.2 Å². The Labute approximate surface area is 106 Å². The summed E-state index contributed by atoms with van der Waals surface area (Å²) in [5.74, 6) is 0.748. The summed E-state index contributed by atoms with van der Waals surface area (Å²) in [6.45, 7) is 7.99. The van der Waals surface area contributed by atoms with E-state index in [1.54, 1.807) is 0 Å². The molecule has 1 aromatic carbocycles. The maximum Gasteiger partial charge on any atom is 0.0234 e. The van der Waals surface area contributed by atoms with Crippen LogP contribution in [0, 0.1) is 5.92 Å². The Morgan fingerprint density at radius 2 is 2.12 bits per heavy atom. The topological polar surface area (TPSA) is 15.3 Å². The van der Waals surface area contributed by atoms with Crippen molar-refractivity contribution in [3.8, 4) is 0 Å². The van der Waals surface area contributed by atoms with Gasteiger partial charge in [-0.05, 0) is 30.2 Å². The number of nitrogens with one attached hydrogen (secondary N) is 1. The molecule has 1 aromatic rings. The van der Waals surface area contributed by atoms with Crippen LogP contribution in [-0.4, -0.2) is 31.1 Å². The first-order valence-corrected chi connectivity index (χ1v) is 6.71. The fourth-order valence-electron chi connectivity index (χ4n) is 2.17. The molecule has 1 N–H and O–H groups in total. The van der Waals surface area contributed by atoms with E-state index in [4.69, 9.17) is 0 Å². The van der Waals surface area contributed by atoms with E-state index >= 15 is 0 Å². The Morgan fingerprint density at radius 1 is 1.38 bits per heavy atom. The van der Waals surface area contributed by atoms with Crippen LogP contribution in [0.15, 0.2) is 28.7 Å². The summed E-state index contributed by atoms with van der Waals surface area (Å²) in [5, 5.41) is 3.47. The lowest BCUT2D eigenvalue weighted by molar-refractivity contribution is 0.257. The minimum atomic E-state index is 0.748. The Hall–Kier alpha value is -0.380. The zero-order valence-electron chi connectivity index (χ0n) is 9.75. The largest absolute Gasteiger partial charge is 0.315 e. The Kier molecular flexibility index (Phi) is 4.38. The molecular weight excluding hydrogens is 264 g/mol. The number of nitrogens with zero attached hydrogens (tertiary/aromatic N) is 1. The van der Waals surface area contributed by atoms with Gasteiger partial charge in [-0.3, -0.25) is 4.90 Å². The second kappa shape index (κ2) is 5.80. The molecule has 2 nitrogen and oxygen atoms in total. The van der Waals surface area contributed by atoms with E-state index in [1.165, 1.54) is 12.1 Å². The molecular formula is C13H19BrN2. The summed E-state index contributed by atoms with van der Waals surface area (Å²) in [6, 6.07) is 8.64. The third-order valence-electron chi connectivity index (χ3n) is 2.99. The Bertz CT molecular complexity index is 323. The van der Waals surface area contributed by atoms with Crippen molar-refractivity contribution in [2.24, 2.45) is 5.92 Å². The minimum Gasteiger partial charge on any atom is -0.315 e. The van der Waals surface area contributed by atoms with Crippen molar-refractivity contribution in [2.45, 2.75) is 13.5 Å². The first kappa shape index (κ1) is 12.1. The molecule has 0 radical (unpaired) electrons. The molecule has 1 saturated heterocycles. The second-order valence-electron chi connectivity index (χ2n) is 4.67. The van der Waals surface area contributed by atoms with Crippen LogP contribution in [0.25, 0.3) is 0 Å². The van der Waals surface area contributed by atoms with Gasteiger partial charge in [0.05, 0.1) is 0 Å². The summed E-state index contributed by atoms with van der Waals surface area (Å²) >= 11 is 3.47. The van der Waals surface area contributed by atoms with E-state index in [2.05, 4.69) is 57.3 Å². The van der Waals surface area contributed by atoms with Gasteiger partial charge in [0.25, 0.3) is 0 Å². The highest BCUT2D eigenvalue weighted by Crippen LogP contribution is 2.13. The van der Waals surface area contributed by atoms with E-state index in [-0.39, 0.29) is 0 Å². The van der Waals surface area contributed by atoms with Crippen molar-refractivity contribution < 1.29 is 0 Å². The summed E-state index contributed by atoms with van der Waals surface area (Å²) < 4.78 is 1.15. The van der Waals surface area contributed by atoms with Crippen molar-refractivity contribution in [3.05, 3.63) is 34.3 Å². The summed E-state index contributed by atoms with van der Waals surface area (Å²) in [6.07, 6.45) is 0. The molecule has 1 unspecified atom stereocenters. The second-order valence-corrected chi connectivity index (χ2v) is 5.59. The predicted octanol–water partition coefficient (Wildman–Crippen LogP) is 2.49. The molecule has 0 bridgehead atoms. The first-order valence-electron chi connectivity index (χ1n) is 5.91. The highest BCUT2D eigenvalue weighted by molar-refractivity contribution is 9.10. The van der Waals surface area contributed by atoms with Crippen LogP contribution in [0.1, 0.15) is 12.5 Å². The standard InChI is InChI=1S/C13H19BrN2/c1-11-8-15-6-7-16(9-11)10-12-2-4-13(14)5-3-12/h2-5,11,15H,6-10H2,1H3. The van der Waals surface area contributed by atoms with Gasteiger partial charge in [0, 0.05) is 30.7 Å². The highest BCUT2D eigenvalue weighted by Gasteiger charge is 2.13. The van der Waals surface area contributed by atoms with Gasteiger partial charge in [-0.1, -0.05) is 35.0 Å². The van der Waals surface area contributed by atoms with Crippen molar-refractivity contribution in [3.63, 3.8) is 0 Å². The maximum absolute atomic E-state index is 3.47. The molecule has 0 amide bonds. The molecule has 0 aromatic heterocycles. The van der Waals surface area contributed by atoms with E-state index in [0.29, 0.717) is 0 Å². The number of hydrogen-bond acceptors (Lipinski definition) is 2. The zero-order chi connectivity index (χ0) is 11.4. The van der Waals surface area contributed by atoms with Crippen LogP contribution in [0.2, 0.25) is 0 Å².